The summed E-state index contributed by atoms with van der Waals surface area (Å²) >= 11 is 0. The molecule has 14 heavy (non-hydrogen) atoms. The molecule has 1 aliphatic carbocycles. The van der Waals surface area contributed by atoms with E-state index in [1.165, 1.54) is 0 Å². The molecule has 1 rings (SSSR count). The van der Waals surface area contributed by atoms with E-state index in [1.54, 1.807) is 0 Å². The van der Waals surface area contributed by atoms with Crippen LogP contribution in [0.4, 0.5) is 0 Å². The molecule has 3 nitrogen and oxygen atoms in total. The van der Waals surface area contributed by atoms with Crippen molar-refractivity contribution in [3.63, 3.8) is 0 Å². The first-order valence-corrected chi connectivity index (χ1v) is 5.16. The van der Waals surface area contributed by atoms with E-state index in [0.29, 0.717) is 18.8 Å². The highest BCUT2D eigenvalue weighted by molar-refractivity contribution is 5.88. The summed E-state index contributed by atoms with van der Waals surface area (Å²) in [5.41, 5.74) is -1.35. The van der Waals surface area contributed by atoms with Crippen LogP contribution in [0.2, 0.25) is 0 Å². The number of carbonyl (C=O) groups excluding carboxylic acids is 1. The van der Waals surface area contributed by atoms with E-state index in [4.69, 9.17) is 5.11 Å². The number of carbonyl (C=O) groups is 1. The summed E-state index contributed by atoms with van der Waals surface area (Å²) in [7, 11) is 0. The van der Waals surface area contributed by atoms with E-state index in [2.05, 4.69) is 20.8 Å². The lowest BCUT2D eigenvalue weighted by Crippen LogP contribution is -2.48. The average molecular weight is 200 g/mol. The van der Waals surface area contributed by atoms with Crippen LogP contribution >= 0.6 is 0 Å². The van der Waals surface area contributed by atoms with E-state index in [0.717, 1.165) is 6.42 Å². The van der Waals surface area contributed by atoms with Crippen molar-refractivity contribution >= 4 is 5.78 Å². The number of rotatable bonds is 1. The van der Waals surface area contributed by atoms with E-state index >= 15 is 0 Å². The Balaban J connectivity index is 2.69. The minimum Gasteiger partial charge on any atom is -0.393 e. The van der Waals surface area contributed by atoms with E-state index in [9.17, 15) is 9.90 Å². The van der Waals surface area contributed by atoms with Crippen molar-refractivity contribution < 1.29 is 15.0 Å². The van der Waals surface area contributed by atoms with Crippen LogP contribution in [0.25, 0.3) is 0 Å². The highest BCUT2D eigenvalue weighted by Gasteiger charge is 2.43. The highest BCUT2D eigenvalue weighted by Crippen LogP contribution is 2.39. The SMILES string of the molecule is CC(C)(C)[C@H]1CC[C@@](O)(CO)C(=O)C1. The third kappa shape index (κ3) is 2.15. The average Bonchev–Trinajstić information content (AvgIpc) is 2.08. The predicted octanol–water partition coefficient (Wildman–Crippen LogP) is 1.13. The van der Waals surface area contributed by atoms with Gasteiger partial charge >= 0.3 is 0 Å². The minimum absolute atomic E-state index is 0.104. The Morgan fingerprint density at radius 1 is 1.50 bits per heavy atom. The fourth-order valence-electron chi connectivity index (χ4n) is 1.97. The second kappa shape index (κ2) is 3.63. The fourth-order valence-corrected chi connectivity index (χ4v) is 1.97. The molecule has 0 aromatic rings. The number of aliphatic hydroxyl groups is 2. The summed E-state index contributed by atoms with van der Waals surface area (Å²) in [6, 6.07) is 0. The first-order valence-electron chi connectivity index (χ1n) is 5.16. The van der Waals surface area contributed by atoms with Gasteiger partial charge in [-0.15, -0.1) is 0 Å². The maximum absolute atomic E-state index is 11.6. The maximum atomic E-state index is 11.6. The Morgan fingerprint density at radius 3 is 2.43 bits per heavy atom. The summed E-state index contributed by atoms with van der Waals surface area (Å²) in [5, 5.41) is 18.7. The van der Waals surface area contributed by atoms with Crippen LogP contribution in [0.15, 0.2) is 0 Å². The number of hydrogen-bond acceptors (Lipinski definition) is 3. The quantitative estimate of drug-likeness (QED) is 0.667. The van der Waals surface area contributed by atoms with Gasteiger partial charge in [-0.3, -0.25) is 4.79 Å². The fraction of sp³-hybridized carbons (Fsp3) is 0.909. The van der Waals surface area contributed by atoms with Crippen molar-refractivity contribution in [3.8, 4) is 0 Å². The van der Waals surface area contributed by atoms with Crippen molar-refractivity contribution in [2.75, 3.05) is 6.61 Å². The maximum Gasteiger partial charge on any atom is 0.167 e. The molecule has 82 valence electrons. The van der Waals surface area contributed by atoms with Gasteiger partial charge in [-0.25, -0.2) is 0 Å². The van der Waals surface area contributed by atoms with Crippen molar-refractivity contribution in [2.45, 2.75) is 45.6 Å². The van der Waals surface area contributed by atoms with Crippen LogP contribution in [-0.2, 0) is 4.79 Å². The second-order valence-electron chi connectivity index (χ2n) is 5.42. The zero-order valence-electron chi connectivity index (χ0n) is 9.21. The van der Waals surface area contributed by atoms with Gasteiger partial charge in [-0.2, -0.15) is 0 Å². The Labute approximate surface area is 85.1 Å². The van der Waals surface area contributed by atoms with Crippen LogP contribution in [0.5, 0.6) is 0 Å². The van der Waals surface area contributed by atoms with E-state index < -0.39 is 12.2 Å². The van der Waals surface area contributed by atoms with Crippen molar-refractivity contribution in [1.82, 2.24) is 0 Å². The molecule has 0 radical (unpaired) electrons. The zero-order chi connectivity index (χ0) is 11.0. The summed E-state index contributed by atoms with van der Waals surface area (Å²) in [4.78, 5) is 11.6. The Kier molecular flexibility index (Phi) is 3.02. The molecule has 0 bridgehead atoms. The molecule has 3 heteroatoms. The Hall–Kier alpha value is -0.410. The lowest BCUT2D eigenvalue weighted by Gasteiger charge is -2.39. The normalized spacial score (nSPS) is 34.6. The Morgan fingerprint density at radius 2 is 2.07 bits per heavy atom. The van der Waals surface area contributed by atoms with E-state index in [-0.39, 0.29) is 11.2 Å². The lowest BCUT2D eigenvalue weighted by atomic mass is 9.68. The number of Topliss-reactive ketones (excluding diaryl/α,β-unsaturated/α-hetero) is 1. The summed E-state index contributed by atoms with van der Waals surface area (Å²) in [6.07, 6.45) is 1.59. The van der Waals surface area contributed by atoms with Gasteiger partial charge in [0.15, 0.2) is 5.78 Å². The Bertz CT molecular complexity index is 229. The van der Waals surface area contributed by atoms with Crippen LogP contribution in [-0.4, -0.2) is 28.2 Å². The topological polar surface area (TPSA) is 57.5 Å². The number of aliphatic hydroxyl groups excluding tert-OH is 1. The zero-order valence-corrected chi connectivity index (χ0v) is 9.21. The first-order chi connectivity index (χ1) is 6.29. The van der Waals surface area contributed by atoms with E-state index in [1.807, 2.05) is 0 Å². The van der Waals surface area contributed by atoms with Gasteiger partial charge in [0, 0.05) is 6.42 Å². The highest BCUT2D eigenvalue weighted by atomic mass is 16.3. The minimum atomic E-state index is -1.46. The molecule has 1 saturated carbocycles. The van der Waals surface area contributed by atoms with Crippen LogP contribution in [0, 0.1) is 11.3 Å². The molecule has 0 spiro atoms. The van der Waals surface area contributed by atoms with Gasteiger partial charge in [-0.1, -0.05) is 20.8 Å². The molecule has 1 fully saturated rings. The second-order valence-corrected chi connectivity index (χ2v) is 5.42. The first kappa shape index (κ1) is 11.7. The van der Waals surface area contributed by atoms with Gasteiger partial charge in [0.25, 0.3) is 0 Å². The van der Waals surface area contributed by atoms with Gasteiger partial charge < -0.3 is 10.2 Å². The lowest BCUT2D eigenvalue weighted by molar-refractivity contribution is -0.150. The smallest absolute Gasteiger partial charge is 0.167 e. The molecule has 0 aliphatic heterocycles. The summed E-state index contributed by atoms with van der Waals surface area (Å²) < 4.78 is 0. The van der Waals surface area contributed by atoms with Gasteiger partial charge in [0.1, 0.15) is 5.60 Å². The van der Waals surface area contributed by atoms with Crippen LogP contribution < -0.4 is 0 Å². The molecule has 2 N–H and O–H groups in total. The number of ketones is 1. The number of hydrogen-bond donors (Lipinski definition) is 2. The van der Waals surface area contributed by atoms with Crippen LogP contribution in [0.3, 0.4) is 0 Å². The monoisotopic (exact) mass is 200 g/mol. The molecule has 0 saturated heterocycles. The standard InChI is InChI=1S/C11H20O3/c1-10(2,3)8-4-5-11(14,7-12)9(13)6-8/h8,12,14H,4-7H2,1-3H3/t8-,11+/m0/s1. The predicted molar refractivity (Wildman–Crippen MR) is 53.8 cm³/mol. The molecule has 0 aromatic carbocycles. The van der Waals surface area contributed by atoms with Crippen LogP contribution in [0.1, 0.15) is 40.0 Å². The van der Waals surface area contributed by atoms with Crippen molar-refractivity contribution in [2.24, 2.45) is 11.3 Å². The molecule has 1 aliphatic rings. The molecular formula is C11H20O3. The van der Waals surface area contributed by atoms with Gasteiger partial charge in [0.05, 0.1) is 6.61 Å². The summed E-state index contributed by atoms with van der Waals surface area (Å²) in [5.74, 6) is 0.119. The third-order valence-electron chi connectivity index (χ3n) is 3.34. The molecule has 0 unspecified atom stereocenters. The summed E-state index contributed by atoms with van der Waals surface area (Å²) in [6.45, 7) is 5.87. The van der Waals surface area contributed by atoms with Crippen molar-refractivity contribution in [1.29, 1.82) is 0 Å². The van der Waals surface area contributed by atoms with Crippen molar-refractivity contribution in [3.05, 3.63) is 0 Å². The largest absolute Gasteiger partial charge is 0.393 e. The van der Waals surface area contributed by atoms with Gasteiger partial charge in [-0.05, 0) is 24.2 Å². The van der Waals surface area contributed by atoms with Gasteiger partial charge in [0.2, 0.25) is 0 Å². The molecule has 0 aromatic heterocycles. The third-order valence-corrected chi connectivity index (χ3v) is 3.34. The molecule has 0 amide bonds. The molecular weight excluding hydrogens is 180 g/mol. The molecule has 0 heterocycles. The molecule has 2 atom stereocenters.